The third kappa shape index (κ3) is 4.32. The Morgan fingerprint density at radius 3 is 2.70 bits per heavy atom. The summed E-state index contributed by atoms with van der Waals surface area (Å²) in [5, 5.41) is 0. The number of carbonyl (C=O) groups excluding carboxylic acids is 1. The zero-order valence-electron chi connectivity index (χ0n) is 6.59. The van der Waals surface area contributed by atoms with Crippen LogP contribution in [0.3, 0.4) is 0 Å². The van der Waals surface area contributed by atoms with Gasteiger partial charge in [-0.15, -0.1) is 0 Å². The number of hydrogen-bond donors (Lipinski definition) is 1. The largest absolute Gasteiger partial charge is 0.447 e. The minimum Gasteiger partial charge on any atom is -0.447 e. The van der Waals surface area contributed by atoms with Crippen LogP contribution in [0.5, 0.6) is 0 Å². The molecule has 10 heavy (non-hydrogen) atoms. The lowest BCUT2D eigenvalue weighted by molar-refractivity contribution is -0.142. The molecule has 0 aromatic heterocycles. The summed E-state index contributed by atoms with van der Waals surface area (Å²) in [6.07, 6.45) is 2.78. The molecule has 0 rings (SSSR count). The number of ether oxygens (including phenoxy) is 1. The van der Waals surface area contributed by atoms with Crippen LogP contribution in [-0.4, -0.2) is 12.2 Å². The van der Waals surface area contributed by atoms with Crippen LogP contribution >= 0.6 is 0 Å². The van der Waals surface area contributed by atoms with E-state index in [1.165, 1.54) is 0 Å². The lowest BCUT2D eigenvalue weighted by atomic mass is 10.1. The van der Waals surface area contributed by atoms with Gasteiger partial charge in [-0.2, -0.15) is 0 Å². The predicted molar refractivity (Wildman–Crippen MR) is 39.3 cm³/mol. The van der Waals surface area contributed by atoms with Gasteiger partial charge in [-0.1, -0.05) is 13.3 Å². The Hall–Kier alpha value is -0.570. The molecule has 0 radical (unpaired) electrons. The van der Waals surface area contributed by atoms with Crippen LogP contribution in [0.25, 0.3) is 0 Å². The molecule has 0 saturated carbocycles. The molecule has 0 saturated heterocycles. The number of rotatable bonds is 5. The van der Waals surface area contributed by atoms with Crippen LogP contribution in [0.4, 0.5) is 0 Å². The summed E-state index contributed by atoms with van der Waals surface area (Å²) in [6, 6.07) is 0. The number of carbonyl (C=O) groups is 1. The smallest absolute Gasteiger partial charge is 0.294 e. The van der Waals surface area contributed by atoms with E-state index in [0.717, 1.165) is 19.3 Å². The van der Waals surface area contributed by atoms with E-state index in [1.807, 2.05) is 0 Å². The molecule has 0 bridgehead atoms. The van der Waals surface area contributed by atoms with Gasteiger partial charge in [0, 0.05) is 6.42 Å². The molecule has 1 atom stereocenters. The molecule has 3 heteroatoms. The lowest BCUT2D eigenvalue weighted by Crippen LogP contribution is -2.38. The van der Waals surface area contributed by atoms with Gasteiger partial charge >= 0.3 is 0 Å². The summed E-state index contributed by atoms with van der Waals surface area (Å²) < 4.78 is 4.63. The summed E-state index contributed by atoms with van der Waals surface area (Å²) in [7, 11) is 0. The summed E-state index contributed by atoms with van der Waals surface area (Å²) in [5.74, 6) is 0. The normalized spacial score (nSPS) is 15.9. The molecule has 0 aliphatic carbocycles. The van der Waals surface area contributed by atoms with Crippen LogP contribution in [-0.2, 0) is 9.53 Å². The molecular weight excluding hydrogens is 130 g/mol. The van der Waals surface area contributed by atoms with Crippen LogP contribution in [0.15, 0.2) is 0 Å². The lowest BCUT2D eigenvalue weighted by Gasteiger charge is -2.21. The first-order valence-electron chi connectivity index (χ1n) is 3.52. The Morgan fingerprint density at radius 2 is 2.30 bits per heavy atom. The third-order valence-electron chi connectivity index (χ3n) is 1.34. The molecule has 0 fully saturated rings. The van der Waals surface area contributed by atoms with Gasteiger partial charge in [-0.25, -0.2) is 0 Å². The summed E-state index contributed by atoms with van der Waals surface area (Å²) in [5.41, 5.74) is 4.79. The van der Waals surface area contributed by atoms with Crippen LogP contribution in [0, 0.1) is 0 Å². The molecule has 0 amide bonds. The molecule has 2 N–H and O–H groups in total. The predicted octanol–water partition coefficient (Wildman–Crippen LogP) is 1.02. The van der Waals surface area contributed by atoms with Crippen LogP contribution in [0.2, 0.25) is 0 Å². The summed E-state index contributed by atoms with van der Waals surface area (Å²) in [4.78, 5) is 9.88. The average Bonchev–Trinajstić information content (AvgIpc) is 1.84. The van der Waals surface area contributed by atoms with Crippen molar-refractivity contribution in [3.05, 3.63) is 0 Å². The van der Waals surface area contributed by atoms with Gasteiger partial charge in [0.05, 0.1) is 0 Å². The minimum atomic E-state index is -0.766. The van der Waals surface area contributed by atoms with Crippen LogP contribution in [0.1, 0.15) is 33.1 Å². The van der Waals surface area contributed by atoms with E-state index in [-0.39, 0.29) is 0 Å². The molecule has 60 valence electrons. The Bertz CT molecular complexity index is 102. The van der Waals surface area contributed by atoms with Crippen molar-refractivity contribution >= 4 is 6.47 Å². The highest BCUT2D eigenvalue weighted by Gasteiger charge is 2.17. The van der Waals surface area contributed by atoms with Gasteiger partial charge in [0.2, 0.25) is 0 Å². The van der Waals surface area contributed by atoms with E-state index in [0.29, 0.717) is 6.47 Å². The first-order valence-corrected chi connectivity index (χ1v) is 3.52. The highest BCUT2D eigenvalue weighted by atomic mass is 16.5. The van der Waals surface area contributed by atoms with E-state index >= 15 is 0 Å². The second-order valence-corrected chi connectivity index (χ2v) is 2.63. The van der Waals surface area contributed by atoms with E-state index < -0.39 is 5.72 Å². The molecule has 3 nitrogen and oxygen atoms in total. The van der Waals surface area contributed by atoms with E-state index in [4.69, 9.17) is 5.73 Å². The highest BCUT2D eigenvalue weighted by molar-refractivity contribution is 5.37. The molecule has 0 aliphatic rings. The molecule has 0 aromatic carbocycles. The number of hydrogen-bond acceptors (Lipinski definition) is 3. The SMILES string of the molecule is CCCCC(C)(N)OC=O. The number of unbranched alkanes of at least 4 members (excludes halogenated alkanes) is 1. The molecule has 0 heterocycles. The third-order valence-corrected chi connectivity index (χ3v) is 1.34. The van der Waals surface area contributed by atoms with Crippen molar-refractivity contribution in [1.29, 1.82) is 0 Å². The fraction of sp³-hybridized carbons (Fsp3) is 0.857. The van der Waals surface area contributed by atoms with E-state index in [1.54, 1.807) is 6.92 Å². The molecular formula is C7H15NO2. The van der Waals surface area contributed by atoms with Crippen molar-refractivity contribution in [3.63, 3.8) is 0 Å². The molecule has 0 aromatic rings. The van der Waals surface area contributed by atoms with Crippen molar-refractivity contribution in [2.24, 2.45) is 5.73 Å². The Balaban J connectivity index is 3.51. The van der Waals surface area contributed by atoms with Gasteiger partial charge in [-0.3, -0.25) is 10.5 Å². The maximum Gasteiger partial charge on any atom is 0.294 e. The maximum absolute atomic E-state index is 9.88. The first kappa shape index (κ1) is 9.43. The quantitative estimate of drug-likeness (QED) is 0.464. The molecule has 0 aliphatic heterocycles. The van der Waals surface area contributed by atoms with Crippen LogP contribution < -0.4 is 5.73 Å². The van der Waals surface area contributed by atoms with E-state index in [2.05, 4.69) is 11.7 Å². The summed E-state index contributed by atoms with van der Waals surface area (Å²) in [6.45, 7) is 4.17. The zero-order chi connectivity index (χ0) is 8.04. The van der Waals surface area contributed by atoms with Crippen molar-refractivity contribution in [2.45, 2.75) is 38.8 Å². The second kappa shape index (κ2) is 4.28. The van der Waals surface area contributed by atoms with Crippen molar-refractivity contribution < 1.29 is 9.53 Å². The van der Waals surface area contributed by atoms with Crippen molar-refractivity contribution in [3.8, 4) is 0 Å². The Morgan fingerprint density at radius 1 is 1.70 bits per heavy atom. The van der Waals surface area contributed by atoms with Crippen molar-refractivity contribution in [2.75, 3.05) is 0 Å². The average molecular weight is 145 g/mol. The van der Waals surface area contributed by atoms with E-state index in [9.17, 15) is 4.79 Å². The molecule has 0 spiro atoms. The van der Waals surface area contributed by atoms with Gasteiger partial charge in [0.1, 0.15) is 0 Å². The van der Waals surface area contributed by atoms with Gasteiger partial charge in [0.25, 0.3) is 6.47 Å². The highest BCUT2D eigenvalue weighted by Crippen LogP contribution is 2.10. The van der Waals surface area contributed by atoms with Crippen molar-refractivity contribution in [1.82, 2.24) is 0 Å². The fourth-order valence-corrected chi connectivity index (χ4v) is 0.697. The monoisotopic (exact) mass is 145 g/mol. The zero-order valence-corrected chi connectivity index (χ0v) is 6.59. The maximum atomic E-state index is 9.88. The topological polar surface area (TPSA) is 52.3 Å². The second-order valence-electron chi connectivity index (χ2n) is 2.63. The standard InChI is InChI=1S/C7H15NO2/c1-3-4-5-7(2,8)10-6-9/h6H,3-5,8H2,1-2H3. The Kier molecular flexibility index (Phi) is 4.03. The minimum absolute atomic E-state index is 0.398. The summed E-state index contributed by atoms with van der Waals surface area (Å²) >= 11 is 0. The van der Waals surface area contributed by atoms with Gasteiger partial charge < -0.3 is 4.74 Å². The number of nitrogens with two attached hydrogens (primary N) is 1. The first-order chi connectivity index (χ1) is 4.62. The van der Waals surface area contributed by atoms with Gasteiger partial charge in [-0.05, 0) is 13.3 Å². The van der Waals surface area contributed by atoms with Gasteiger partial charge in [0.15, 0.2) is 5.72 Å². The fourth-order valence-electron chi connectivity index (χ4n) is 0.697. The molecule has 1 unspecified atom stereocenters. The Labute approximate surface area is 61.5 Å².